The lowest BCUT2D eigenvalue weighted by atomic mass is 10.1. The Morgan fingerprint density at radius 3 is 2.47 bits per heavy atom. The van der Waals surface area contributed by atoms with E-state index >= 15 is 0 Å². The predicted octanol–water partition coefficient (Wildman–Crippen LogP) is 3.56. The van der Waals surface area contributed by atoms with E-state index in [1.54, 1.807) is 0 Å². The number of hydrogen-bond acceptors (Lipinski definition) is 1. The van der Waals surface area contributed by atoms with Crippen molar-refractivity contribution in [2.24, 2.45) is 0 Å². The Hall–Kier alpha value is -1.09. The summed E-state index contributed by atoms with van der Waals surface area (Å²) in [5, 5.41) is 0. The highest BCUT2D eigenvalue weighted by Gasteiger charge is 2.08. The molecule has 1 unspecified atom stereocenters. The molecule has 2 nitrogen and oxygen atoms in total. The van der Waals surface area contributed by atoms with Crippen molar-refractivity contribution >= 4 is 15.9 Å². The fourth-order valence-corrected chi connectivity index (χ4v) is 1.96. The summed E-state index contributed by atoms with van der Waals surface area (Å²) in [6.45, 7) is 4.20. The molecule has 15 heavy (non-hydrogen) atoms. The third kappa shape index (κ3) is 2.12. The first-order valence-electron chi connectivity index (χ1n) is 4.93. The second-order valence-electron chi connectivity index (χ2n) is 3.61. The normalized spacial score (nSPS) is 12.7. The van der Waals surface area contributed by atoms with Gasteiger partial charge in [-0.05, 0) is 31.5 Å². The molecule has 1 aromatic carbocycles. The molecule has 2 aromatic rings. The highest BCUT2D eigenvalue weighted by molar-refractivity contribution is 9.10. The molecule has 0 saturated heterocycles. The number of aryl methyl sites for hydroxylation is 1. The van der Waals surface area contributed by atoms with Crippen LogP contribution in [0.2, 0.25) is 0 Å². The molecule has 0 N–H and O–H groups in total. The van der Waals surface area contributed by atoms with Gasteiger partial charge < -0.3 is 4.57 Å². The maximum atomic E-state index is 4.23. The monoisotopic (exact) mass is 264 g/mol. The lowest BCUT2D eigenvalue weighted by molar-refractivity contribution is 0.619. The molecule has 0 bridgehead atoms. The minimum absolute atomic E-state index is 0.334. The smallest absolute Gasteiger partial charge is 0.106 e. The van der Waals surface area contributed by atoms with Crippen LogP contribution in [-0.2, 0) is 0 Å². The van der Waals surface area contributed by atoms with E-state index in [0.717, 1.165) is 10.3 Å². The van der Waals surface area contributed by atoms with Crippen LogP contribution in [0.4, 0.5) is 0 Å². The SMILES string of the molecule is Cc1nccn1C(C)c1ccc(Br)cc1. The molecule has 0 aliphatic rings. The van der Waals surface area contributed by atoms with Gasteiger partial charge in [0.25, 0.3) is 0 Å². The van der Waals surface area contributed by atoms with Crippen LogP contribution in [0.5, 0.6) is 0 Å². The van der Waals surface area contributed by atoms with Crippen LogP contribution in [0, 0.1) is 6.92 Å². The average Bonchev–Trinajstić information content (AvgIpc) is 2.65. The Morgan fingerprint density at radius 2 is 1.93 bits per heavy atom. The van der Waals surface area contributed by atoms with Crippen LogP contribution in [0.1, 0.15) is 24.4 Å². The van der Waals surface area contributed by atoms with Crippen LogP contribution in [0.3, 0.4) is 0 Å². The molecule has 0 amide bonds. The molecule has 3 heteroatoms. The second-order valence-corrected chi connectivity index (χ2v) is 4.52. The molecule has 1 heterocycles. The van der Waals surface area contributed by atoms with Gasteiger partial charge in [0.15, 0.2) is 0 Å². The Morgan fingerprint density at radius 1 is 1.27 bits per heavy atom. The second kappa shape index (κ2) is 4.19. The van der Waals surface area contributed by atoms with Crippen LogP contribution in [0.25, 0.3) is 0 Å². The predicted molar refractivity (Wildman–Crippen MR) is 64.9 cm³/mol. The topological polar surface area (TPSA) is 17.8 Å². The van der Waals surface area contributed by atoms with E-state index in [-0.39, 0.29) is 0 Å². The van der Waals surface area contributed by atoms with Crippen LogP contribution in [-0.4, -0.2) is 9.55 Å². The van der Waals surface area contributed by atoms with Gasteiger partial charge >= 0.3 is 0 Å². The van der Waals surface area contributed by atoms with Crippen molar-refractivity contribution in [2.75, 3.05) is 0 Å². The number of benzene rings is 1. The van der Waals surface area contributed by atoms with Gasteiger partial charge in [-0.15, -0.1) is 0 Å². The number of aromatic nitrogens is 2. The standard InChI is InChI=1S/C12H13BrN2/c1-9(15-8-7-14-10(15)2)11-3-5-12(13)6-4-11/h3-9H,1-2H3. The first kappa shape index (κ1) is 10.4. The summed E-state index contributed by atoms with van der Waals surface area (Å²) in [6.07, 6.45) is 3.85. The molecule has 78 valence electrons. The molecule has 0 saturated carbocycles. The van der Waals surface area contributed by atoms with Gasteiger partial charge in [-0.1, -0.05) is 28.1 Å². The van der Waals surface area contributed by atoms with Crippen molar-refractivity contribution in [2.45, 2.75) is 19.9 Å². The van der Waals surface area contributed by atoms with Crippen molar-refractivity contribution in [1.82, 2.24) is 9.55 Å². The number of rotatable bonds is 2. The Labute approximate surface area is 98.1 Å². The average molecular weight is 265 g/mol. The van der Waals surface area contributed by atoms with E-state index in [1.165, 1.54) is 5.56 Å². The Kier molecular flexibility index (Phi) is 2.91. The first-order valence-corrected chi connectivity index (χ1v) is 5.72. The van der Waals surface area contributed by atoms with E-state index in [4.69, 9.17) is 0 Å². The van der Waals surface area contributed by atoms with Gasteiger partial charge in [-0.25, -0.2) is 4.98 Å². The highest BCUT2D eigenvalue weighted by atomic mass is 79.9. The van der Waals surface area contributed by atoms with Gasteiger partial charge in [0.2, 0.25) is 0 Å². The zero-order valence-electron chi connectivity index (χ0n) is 8.81. The summed E-state index contributed by atoms with van der Waals surface area (Å²) in [6, 6.07) is 8.74. The maximum absolute atomic E-state index is 4.23. The third-order valence-electron chi connectivity index (χ3n) is 2.63. The van der Waals surface area contributed by atoms with E-state index < -0.39 is 0 Å². The number of imidazole rings is 1. The number of hydrogen-bond donors (Lipinski definition) is 0. The third-order valence-corrected chi connectivity index (χ3v) is 3.16. The molecule has 0 radical (unpaired) electrons. The van der Waals surface area contributed by atoms with Crippen LogP contribution in [0.15, 0.2) is 41.1 Å². The number of halogens is 1. The Bertz CT molecular complexity index is 445. The minimum atomic E-state index is 0.334. The minimum Gasteiger partial charge on any atom is -0.328 e. The van der Waals surface area contributed by atoms with Crippen molar-refractivity contribution in [3.8, 4) is 0 Å². The Balaban J connectivity index is 2.32. The molecule has 2 rings (SSSR count). The first-order chi connectivity index (χ1) is 7.18. The summed E-state index contributed by atoms with van der Waals surface area (Å²) in [5.41, 5.74) is 1.29. The summed E-state index contributed by atoms with van der Waals surface area (Å²) >= 11 is 3.44. The van der Waals surface area contributed by atoms with Gasteiger partial charge in [0.1, 0.15) is 5.82 Å². The molecule has 0 fully saturated rings. The molecule has 0 aliphatic heterocycles. The van der Waals surface area contributed by atoms with Crippen molar-refractivity contribution < 1.29 is 0 Å². The zero-order valence-corrected chi connectivity index (χ0v) is 10.4. The zero-order chi connectivity index (χ0) is 10.8. The van der Waals surface area contributed by atoms with E-state index in [2.05, 4.69) is 56.7 Å². The van der Waals surface area contributed by atoms with Crippen molar-refractivity contribution in [3.05, 3.63) is 52.5 Å². The molecule has 1 atom stereocenters. The number of nitrogens with zero attached hydrogens (tertiary/aromatic N) is 2. The highest BCUT2D eigenvalue weighted by Crippen LogP contribution is 2.21. The van der Waals surface area contributed by atoms with E-state index in [9.17, 15) is 0 Å². The maximum Gasteiger partial charge on any atom is 0.106 e. The quantitative estimate of drug-likeness (QED) is 0.811. The summed E-state index contributed by atoms with van der Waals surface area (Å²) in [7, 11) is 0. The van der Waals surface area contributed by atoms with Crippen molar-refractivity contribution in [3.63, 3.8) is 0 Å². The largest absolute Gasteiger partial charge is 0.328 e. The van der Waals surface area contributed by atoms with Gasteiger partial charge in [-0.2, -0.15) is 0 Å². The molecule has 0 spiro atoms. The van der Waals surface area contributed by atoms with Gasteiger partial charge in [0.05, 0.1) is 6.04 Å². The van der Waals surface area contributed by atoms with Crippen LogP contribution < -0.4 is 0 Å². The molecular formula is C12H13BrN2. The van der Waals surface area contributed by atoms with Gasteiger partial charge in [-0.3, -0.25) is 0 Å². The van der Waals surface area contributed by atoms with E-state index in [1.807, 2.05) is 19.3 Å². The lowest BCUT2D eigenvalue weighted by Crippen LogP contribution is -2.07. The summed E-state index contributed by atoms with van der Waals surface area (Å²) < 4.78 is 3.28. The molecule has 1 aromatic heterocycles. The van der Waals surface area contributed by atoms with Gasteiger partial charge in [0, 0.05) is 16.9 Å². The molecule has 0 aliphatic carbocycles. The lowest BCUT2D eigenvalue weighted by Gasteiger charge is -2.15. The van der Waals surface area contributed by atoms with Crippen molar-refractivity contribution in [1.29, 1.82) is 0 Å². The summed E-state index contributed by atoms with van der Waals surface area (Å²) in [4.78, 5) is 4.23. The van der Waals surface area contributed by atoms with E-state index in [0.29, 0.717) is 6.04 Å². The molecular weight excluding hydrogens is 252 g/mol. The summed E-state index contributed by atoms with van der Waals surface area (Å²) in [5.74, 6) is 1.05. The fraction of sp³-hybridized carbons (Fsp3) is 0.250. The fourth-order valence-electron chi connectivity index (χ4n) is 1.70. The van der Waals surface area contributed by atoms with Crippen LogP contribution >= 0.6 is 15.9 Å².